The minimum Gasteiger partial charge on any atom is -0.479 e. The number of rotatable bonds is 3. The number of carboxylic acid groups (broad SMARTS) is 1. The topological polar surface area (TPSA) is 49.8 Å². The van der Waals surface area contributed by atoms with Gasteiger partial charge in [0.2, 0.25) is 0 Å². The third kappa shape index (κ3) is 3.28. The number of carbonyl (C=O) groups is 1. The van der Waals surface area contributed by atoms with Gasteiger partial charge >= 0.3 is 5.97 Å². The summed E-state index contributed by atoms with van der Waals surface area (Å²) in [5.74, 6) is -0.880. The van der Waals surface area contributed by atoms with Gasteiger partial charge in [-0.2, -0.15) is 0 Å². The number of morpholine rings is 1. The summed E-state index contributed by atoms with van der Waals surface area (Å²) >= 11 is 0. The molecule has 1 aliphatic rings. The molecule has 0 amide bonds. The highest BCUT2D eigenvalue weighted by atomic mass is 16.5. The Morgan fingerprint density at radius 2 is 2.12 bits per heavy atom. The zero-order valence-corrected chi connectivity index (χ0v) is 9.87. The second kappa shape index (κ2) is 5.29. The highest BCUT2D eigenvalue weighted by molar-refractivity contribution is 5.72. The summed E-state index contributed by atoms with van der Waals surface area (Å²) in [4.78, 5) is 13.1. The predicted molar refractivity (Wildman–Crippen MR) is 63.7 cm³/mol. The maximum atomic E-state index is 10.9. The van der Waals surface area contributed by atoms with Crippen molar-refractivity contribution >= 4 is 5.97 Å². The molecule has 0 spiro atoms. The summed E-state index contributed by atoms with van der Waals surface area (Å²) in [6.07, 6.45) is -0.740. The molecule has 0 bridgehead atoms. The second-order valence-corrected chi connectivity index (χ2v) is 4.45. The first kappa shape index (κ1) is 12.1. The van der Waals surface area contributed by atoms with Crippen molar-refractivity contribution in [3.05, 3.63) is 35.9 Å². The van der Waals surface area contributed by atoms with Gasteiger partial charge in [-0.25, -0.2) is 4.79 Å². The molecule has 2 rings (SSSR count). The van der Waals surface area contributed by atoms with Crippen LogP contribution in [-0.4, -0.2) is 41.3 Å². The third-order valence-corrected chi connectivity index (χ3v) is 2.86. The highest BCUT2D eigenvalue weighted by Gasteiger charge is 2.29. The van der Waals surface area contributed by atoms with E-state index >= 15 is 0 Å². The van der Waals surface area contributed by atoms with Crippen LogP contribution in [-0.2, 0) is 16.1 Å². The van der Waals surface area contributed by atoms with Crippen molar-refractivity contribution in [1.29, 1.82) is 0 Å². The Balaban J connectivity index is 1.99. The molecule has 92 valence electrons. The Kier molecular flexibility index (Phi) is 3.76. The van der Waals surface area contributed by atoms with Gasteiger partial charge in [0.15, 0.2) is 6.10 Å². The Labute approximate surface area is 101 Å². The van der Waals surface area contributed by atoms with E-state index in [0.717, 1.165) is 13.1 Å². The van der Waals surface area contributed by atoms with E-state index in [4.69, 9.17) is 9.84 Å². The van der Waals surface area contributed by atoms with Crippen molar-refractivity contribution in [2.45, 2.75) is 25.7 Å². The monoisotopic (exact) mass is 235 g/mol. The van der Waals surface area contributed by atoms with Gasteiger partial charge in [-0.05, 0) is 12.5 Å². The Morgan fingerprint density at radius 1 is 1.41 bits per heavy atom. The number of hydrogen-bond acceptors (Lipinski definition) is 3. The first-order chi connectivity index (χ1) is 8.15. The largest absolute Gasteiger partial charge is 0.479 e. The molecule has 4 heteroatoms. The minimum atomic E-state index is -0.880. The van der Waals surface area contributed by atoms with E-state index < -0.39 is 12.1 Å². The van der Waals surface area contributed by atoms with Crippen LogP contribution < -0.4 is 0 Å². The molecule has 0 saturated carbocycles. The van der Waals surface area contributed by atoms with Gasteiger partial charge in [0.05, 0.1) is 6.10 Å². The van der Waals surface area contributed by atoms with E-state index in [1.807, 2.05) is 25.1 Å². The van der Waals surface area contributed by atoms with Crippen molar-refractivity contribution in [1.82, 2.24) is 4.90 Å². The van der Waals surface area contributed by atoms with Crippen molar-refractivity contribution in [2.75, 3.05) is 13.1 Å². The molecule has 1 fully saturated rings. The number of carboxylic acids is 1. The van der Waals surface area contributed by atoms with Crippen LogP contribution in [0.4, 0.5) is 0 Å². The van der Waals surface area contributed by atoms with Gasteiger partial charge in [-0.3, -0.25) is 4.90 Å². The summed E-state index contributed by atoms with van der Waals surface area (Å²) in [5.41, 5.74) is 1.20. The van der Waals surface area contributed by atoms with Crippen LogP contribution in [0.5, 0.6) is 0 Å². The van der Waals surface area contributed by atoms with Gasteiger partial charge in [-0.1, -0.05) is 30.3 Å². The molecule has 0 aliphatic carbocycles. The number of hydrogen-bond donors (Lipinski definition) is 1. The normalized spacial score (nSPS) is 25.7. The van der Waals surface area contributed by atoms with E-state index in [1.165, 1.54) is 5.56 Å². The molecule has 4 nitrogen and oxygen atoms in total. The van der Waals surface area contributed by atoms with E-state index in [0.29, 0.717) is 6.54 Å². The Morgan fingerprint density at radius 3 is 2.76 bits per heavy atom. The molecule has 1 unspecified atom stereocenters. The quantitative estimate of drug-likeness (QED) is 0.859. The first-order valence-corrected chi connectivity index (χ1v) is 5.79. The first-order valence-electron chi connectivity index (χ1n) is 5.79. The summed E-state index contributed by atoms with van der Waals surface area (Å²) in [6, 6.07) is 10.1. The van der Waals surface area contributed by atoms with Crippen LogP contribution in [0.1, 0.15) is 12.5 Å². The molecule has 0 aromatic heterocycles. The number of benzene rings is 1. The fourth-order valence-corrected chi connectivity index (χ4v) is 2.15. The second-order valence-electron chi connectivity index (χ2n) is 4.45. The molecule has 1 aromatic carbocycles. The average molecular weight is 235 g/mol. The lowest BCUT2D eigenvalue weighted by molar-refractivity contribution is -0.163. The Bertz CT molecular complexity index is 380. The van der Waals surface area contributed by atoms with Gasteiger partial charge in [-0.15, -0.1) is 0 Å². The van der Waals surface area contributed by atoms with Crippen LogP contribution >= 0.6 is 0 Å². The van der Waals surface area contributed by atoms with Crippen LogP contribution in [0.25, 0.3) is 0 Å². The molecular formula is C13H17NO3. The van der Waals surface area contributed by atoms with Crippen LogP contribution in [0.15, 0.2) is 30.3 Å². The van der Waals surface area contributed by atoms with E-state index in [2.05, 4.69) is 17.0 Å². The number of nitrogens with zero attached hydrogens (tertiary/aromatic N) is 1. The molecular weight excluding hydrogens is 218 g/mol. The lowest BCUT2D eigenvalue weighted by Gasteiger charge is -2.34. The van der Waals surface area contributed by atoms with Crippen LogP contribution in [0, 0.1) is 0 Å². The molecule has 2 atom stereocenters. The number of aliphatic carboxylic acids is 1. The average Bonchev–Trinajstić information content (AvgIpc) is 2.29. The van der Waals surface area contributed by atoms with E-state index in [9.17, 15) is 4.79 Å². The summed E-state index contributed by atoms with van der Waals surface area (Å²) in [5, 5.41) is 8.99. The van der Waals surface area contributed by atoms with E-state index in [1.54, 1.807) is 0 Å². The Hall–Kier alpha value is -1.39. The smallest absolute Gasteiger partial charge is 0.334 e. The maximum Gasteiger partial charge on any atom is 0.334 e. The van der Waals surface area contributed by atoms with Crippen molar-refractivity contribution in [3.8, 4) is 0 Å². The van der Waals surface area contributed by atoms with Crippen molar-refractivity contribution in [3.63, 3.8) is 0 Å². The SMILES string of the molecule is CC1CN(Cc2ccccc2)C[C@@H](C(=O)O)O1. The van der Waals surface area contributed by atoms with Crippen LogP contribution in [0.3, 0.4) is 0 Å². The lowest BCUT2D eigenvalue weighted by Crippen LogP contribution is -2.49. The van der Waals surface area contributed by atoms with Crippen molar-refractivity contribution in [2.24, 2.45) is 0 Å². The zero-order chi connectivity index (χ0) is 12.3. The highest BCUT2D eigenvalue weighted by Crippen LogP contribution is 2.14. The molecule has 1 N–H and O–H groups in total. The zero-order valence-electron chi connectivity index (χ0n) is 9.87. The number of ether oxygens (including phenoxy) is 1. The molecule has 1 aliphatic heterocycles. The predicted octanol–water partition coefficient (Wildman–Crippen LogP) is 1.36. The minimum absolute atomic E-state index is 0.0337. The molecule has 17 heavy (non-hydrogen) atoms. The molecule has 1 heterocycles. The molecule has 0 radical (unpaired) electrons. The van der Waals surface area contributed by atoms with E-state index in [-0.39, 0.29) is 6.10 Å². The summed E-state index contributed by atoms with van der Waals surface area (Å²) in [7, 11) is 0. The fourth-order valence-electron chi connectivity index (χ4n) is 2.15. The van der Waals surface area contributed by atoms with Gasteiger partial charge in [0, 0.05) is 19.6 Å². The molecule has 1 saturated heterocycles. The third-order valence-electron chi connectivity index (χ3n) is 2.86. The summed E-state index contributed by atoms with van der Waals surface area (Å²) in [6.45, 7) is 3.92. The van der Waals surface area contributed by atoms with Crippen LogP contribution in [0.2, 0.25) is 0 Å². The van der Waals surface area contributed by atoms with Crippen molar-refractivity contribution < 1.29 is 14.6 Å². The maximum absolute atomic E-state index is 10.9. The van der Waals surface area contributed by atoms with Gasteiger partial charge in [0.1, 0.15) is 0 Å². The van der Waals surface area contributed by atoms with Gasteiger partial charge < -0.3 is 9.84 Å². The standard InChI is InChI=1S/C13H17NO3/c1-10-7-14(9-12(17-10)13(15)16)8-11-5-3-2-4-6-11/h2-6,10,12H,7-9H2,1H3,(H,15,16)/t10?,12-/m0/s1. The summed E-state index contributed by atoms with van der Waals surface area (Å²) < 4.78 is 5.37. The fraction of sp³-hybridized carbons (Fsp3) is 0.462. The lowest BCUT2D eigenvalue weighted by atomic mass is 10.1. The van der Waals surface area contributed by atoms with Gasteiger partial charge in [0.25, 0.3) is 0 Å². The molecule has 1 aromatic rings.